The molecule has 0 N–H and O–H groups in total. The molecule has 0 aliphatic heterocycles. The third-order valence-corrected chi connectivity index (χ3v) is 2.91. The lowest BCUT2D eigenvalue weighted by Gasteiger charge is -1.93. The molecule has 0 aromatic heterocycles. The highest BCUT2D eigenvalue weighted by Gasteiger charge is 1.81. The van der Waals surface area contributed by atoms with E-state index in [2.05, 4.69) is 13.8 Å². The van der Waals surface area contributed by atoms with Gasteiger partial charge in [0.05, 0.1) is 14.2 Å². The number of rotatable bonds is 5. The Bertz CT molecular complexity index is 382. The molecule has 0 heterocycles. The summed E-state index contributed by atoms with van der Waals surface area (Å²) >= 11 is 0. The van der Waals surface area contributed by atoms with Gasteiger partial charge in [-0.1, -0.05) is 75.9 Å². The van der Waals surface area contributed by atoms with Crippen LogP contribution in [0.5, 0.6) is 11.5 Å². The first-order chi connectivity index (χ1) is 10.8. The van der Waals surface area contributed by atoms with Crippen molar-refractivity contribution in [2.75, 3.05) is 14.2 Å². The zero-order valence-electron chi connectivity index (χ0n) is 14.4. The van der Waals surface area contributed by atoms with Gasteiger partial charge in [0.2, 0.25) is 0 Å². The Hall–Kier alpha value is -1.96. The van der Waals surface area contributed by atoms with E-state index in [1.807, 2.05) is 60.7 Å². The zero-order valence-corrected chi connectivity index (χ0v) is 14.4. The van der Waals surface area contributed by atoms with Crippen LogP contribution in [-0.2, 0) is 0 Å². The largest absolute Gasteiger partial charge is 0.497 e. The minimum atomic E-state index is 0.910. The fraction of sp³-hybridized carbons (Fsp3) is 0.400. The van der Waals surface area contributed by atoms with E-state index >= 15 is 0 Å². The van der Waals surface area contributed by atoms with Gasteiger partial charge in [0.1, 0.15) is 11.5 Å². The van der Waals surface area contributed by atoms with Crippen LogP contribution in [0.3, 0.4) is 0 Å². The van der Waals surface area contributed by atoms with Gasteiger partial charge >= 0.3 is 0 Å². The second-order valence-electron chi connectivity index (χ2n) is 4.74. The van der Waals surface area contributed by atoms with Crippen molar-refractivity contribution in [3.05, 3.63) is 60.7 Å². The number of methoxy groups -OCH3 is 2. The molecule has 0 aliphatic carbocycles. The first-order valence-corrected chi connectivity index (χ1v) is 7.96. The van der Waals surface area contributed by atoms with Gasteiger partial charge in [0.25, 0.3) is 0 Å². The first-order valence-electron chi connectivity index (χ1n) is 7.96. The smallest absolute Gasteiger partial charge is 0.118 e. The average molecular weight is 302 g/mol. The Labute approximate surface area is 136 Å². The molecule has 0 bridgehead atoms. The Balaban J connectivity index is 0.000000306. The fourth-order valence-corrected chi connectivity index (χ4v) is 1.61. The number of ether oxygens (including phenoxy) is 2. The van der Waals surface area contributed by atoms with E-state index in [1.165, 1.54) is 25.7 Å². The topological polar surface area (TPSA) is 18.5 Å². The second kappa shape index (κ2) is 15.4. The lowest BCUT2D eigenvalue weighted by molar-refractivity contribution is 0.414. The van der Waals surface area contributed by atoms with Crippen molar-refractivity contribution in [3.63, 3.8) is 0 Å². The van der Waals surface area contributed by atoms with E-state index < -0.39 is 0 Å². The fourth-order valence-electron chi connectivity index (χ4n) is 1.61. The van der Waals surface area contributed by atoms with Crippen molar-refractivity contribution >= 4 is 0 Å². The van der Waals surface area contributed by atoms with Gasteiger partial charge in [0, 0.05) is 0 Å². The van der Waals surface area contributed by atoms with E-state index in [0.717, 1.165) is 11.5 Å². The maximum Gasteiger partial charge on any atom is 0.118 e. The standard InChI is InChI=1S/2C7H8O.C6H14/c2*1-8-7-5-3-2-4-6-7;1-3-5-6-4-2/h2*2-6H,1H3;3-6H2,1-2H3. The van der Waals surface area contributed by atoms with Crippen molar-refractivity contribution in [2.24, 2.45) is 0 Å². The molecule has 0 fully saturated rings. The Kier molecular flexibility index (Phi) is 14.1. The van der Waals surface area contributed by atoms with Crippen LogP contribution in [0.4, 0.5) is 0 Å². The average Bonchev–Trinajstić information content (AvgIpc) is 2.62. The lowest BCUT2D eigenvalue weighted by Crippen LogP contribution is -1.78. The summed E-state index contributed by atoms with van der Waals surface area (Å²) in [4.78, 5) is 0. The van der Waals surface area contributed by atoms with Gasteiger partial charge in [0.15, 0.2) is 0 Å². The van der Waals surface area contributed by atoms with Crippen molar-refractivity contribution in [1.29, 1.82) is 0 Å². The molecule has 22 heavy (non-hydrogen) atoms. The molecule has 0 radical (unpaired) electrons. The molecule has 0 saturated carbocycles. The van der Waals surface area contributed by atoms with Crippen LogP contribution < -0.4 is 9.47 Å². The molecule has 2 rings (SSSR count). The van der Waals surface area contributed by atoms with Crippen molar-refractivity contribution < 1.29 is 9.47 Å². The normalized spacial score (nSPS) is 8.73. The van der Waals surface area contributed by atoms with Crippen LogP contribution in [0, 0.1) is 0 Å². The van der Waals surface area contributed by atoms with Crippen LogP contribution >= 0.6 is 0 Å². The quantitative estimate of drug-likeness (QED) is 0.633. The van der Waals surface area contributed by atoms with Crippen LogP contribution in [0.25, 0.3) is 0 Å². The van der Waals surface area contributed by atoms with Gasteiger partial charge < -0.3 is 9.47 Å². The maximum absolute atomic E-state index is 4.91. The molecule has 2 heteroatoms. The van der Waals surface area contributed by atoms with Crippen LogP contribution in [0.1, 0.15) is 39.5 Å². The molecular formula is C20H30O2. The minimum absolute atomic E-state index is 0.910. The molecule has 2 nitrogen and oxygen atoms in total. The summed E-state index contributed by atoms with van der Waals surface area (Å²) in [6, 6.07) is 19.4. The minimum Gasteiger partial charge on any atom is -0.497 e. The number of benzene rings is 2. The summed E-state index contributed by atoms with van der Waals surface area (Å²) in [6.07, 6.45) is 5.54. The molecular weight excluding hydrogens is 272 g/mol. The van der Waals surface area contributed by atoms with E-state index in [1.54, 1.807) is 14.2 Å². The summed E-state index contributed by atoms with van der Waals surface area (Å²) in [7, 11) is 3.32. The molecule has 0 saturated heterocycles. The van der Waals surface area contributed by atoms with E-state index in [4.69, 9.17) is 9.47 Å². The van der Waals surface area contributed by atoms with Gasteiger partial charge in [-0.05, 0) is 24.3 Å². The van der Waals surface area contributed by atoms with Gasteiger partial charge in [-0.2, -0.15) is 0 Å². The third-order valence-electron chi connectivity index (χ3n) is 2.91. The monoisotopic (exact) mass is 302 g/mol. The molecule has 0 spiro atoms. The Morgan fingerprint density at radius 3 is 1.09 bits per heavy atom. The molecule has 2 aromatic rings. The summed E-state index contributed by atoms with van der Waals surface area (Å²) < 4.78 is 9.83. The van der Waals surface area contributed by atoms with Gasteiger partial charge in [-0.25, -0.2) is 0 Å². The molecule has 0 unspecified atom stereocenters. The summed E-state index contributed by atoms with van der Waals surface area (Å²) in [5.41, 5.74) is 0. The van der Waals surface area contributed by atoms with Crippen molar-refractivity contribution in [3.8, 4) is 11.5 Å². The van der Waals surface area contributed by atoms with Crippen molar-refractivity contribution in [1.82, 2.24) is 0 Å². The highest BCUT2D eigenvalue weighted by Crippen LogP contribution is 2.06. The highest BCUT2D eigenvalue weighted by molar-refractivity contribution is 5.21. The molecule has 0 atom stereocenters. The van der Waals surface area contributed by atoms with Crippen LogP contribution in [0.2, 0.25) is 0 Å². The molecule has 2 aromatic carbocycles. The number of unbranched alkanes of at least 4 members (excludes halogenated alkanes) is 3. The zero-order chi connectivity index (χ0) is 16.5. The molecule has 0 amide bonds. The predicted molar refractivity (Wildman–Crippen MR) is 95.8 cm³/mol. The number of para-hydroxylation sites is 2. The predicted octanol–water partition coefficient (Wildman–Crippen LogP) is 5.98. The van der Waals surface area contributed by atoms with E-state index in [9.17, 15) is 0 Å². The summed E-state index contributed by atoms with van der Waals surface area (Å²) in [6.45, 7) is 4.46. The number of hydrogen-bond acceptors (Lipinski definition) is 2. The highest BCUT2D eigenvalue weighted by atomic mass is 16.5. The summed E-state index contributed by atoms with van der Waals surface area (Å²) in [5, 5.41) is 0. The maximum atomic E-state index is 4.91. The SMILES string of the molecule is CCCCCC.COc1ccccc1.COc1ccccc1. The van der Waals surface area contributed by atoms with E-state index in [0.29, 0.717) is 0 Å². The number of hydrogen-bond donors (Lipinski definition) is 0. The Morgan fingerprint density at radius 2 is 0.909 bits per heavy atom. The van der Waals surface area contributed by atoms with Gasteiger partial charge in [-0.3, -0.25) is 0 Å². The van der Waals surface area contributed by atoms with E-state index in [-0.39, 0.29) is 0 Å². The van der Waals surface area contributed by atoms with Crippen LogP contribution in [0.15, 0.2) is 60.7 Å². The Morgan fingerprint density at radius 1 is 0.591 bits per heavy atom. The second-order valence-corrected chi connectivity index (χ2v) is 4.74. The molecule has 0 aliphatic rings. The molecule has 122 valence electrons. The summed E-state index contributed by atoms with van der Waals surface area (Å²) in [5.74, 6) is 1.82. The van der Waals surface area contributed by atoms with Crippen LogP contribution in [-0.4, -0.2) is 14.2 Å². The first kappa shape index (κ1) is 20.0. The third kappa shape index (κ3) is 11.8. The lowest BCUT2D eigenvalue weighted by atomic mass is 10.2. The van der Waals surface area contributed by atoms with Gasteiger partial charge in [-0.15, -0.1) is 0 Å². The van der Waals surface area contributed by atoms with Crippen molar-refractivity contribution in [2.45, 2.75) is 39.5 Å².